The molecule has 0 aliphatic carbocycles. The van der Waals surface area contributed by atoms with E-state index in [0.717, 1.165) is 23.8 Å². The van der Waals surface area contributed by atoms with E-state index < -0.39 is 65.4 Å². The highest BCUT2D eigenvalue weighted by Crippen LogP contribution is 2.66. The van der Waals surface area contributed by atoms with Crippen LogP contribution in [0.1, 0.15) is 13.2 Å². The third kappa shape index (κ3) is 8.94. The van der Waals surface area contributed by atoms with Gasteiger partial charge in [-0.3, -0.25) is 18.9 Å². The number of hydrogen-bond donors (Lipinski definition) is 6. The molecule has 6 N–H and O–H groups in total. The zero-order valence-electron chi connectivity index (χ0n) is 15.2. The van der Waals surface area contributed by atoms with Gasteiger partial charge in [0, 0.05) is 12.3 Å². The third-order valence-corrected chi connectivity index (χ3v) is 7.38. The lowest BCUT2D eigenvalue weighted by atomic mass is 10.1. The molecular weight excluding hydrogens is 519 g/mol. The smallest absolute Gasteiger partial charge is 0.374 e. The minimum atomic E-state index is -5.85. The van der Waals surface area contributed by atoms with Gasteiger partial charge in [-0.25, -0.2) is 22.9 Å². The number of H-pyrrole nitrogens is 1. The number of ether oxygens (including phenoxy) is 1. The first kappa shape index (κ1) is 28.3. The summed E-state index contributed by atoms with van der Waals surface area (Å²) in [5.74, 6) is 0. The molecule has 0 amide bonds. The van der Waals surface area contributed by atoms with Gasteiger partial charge < -0.3 is 29.4 Å². The second-order valence-electron chi connectivity index (χ2n) is 5.63. The van der Waals surface area contributed by atoms with Gasteiger partial charge >= 0.3 is 29.2 Å². The number of nitrogens with zero attached hydrogens (tertiary/aromatic N) is 1. The number of nitrogens with one attached hydrogen (secondary N) is 1. The topological polar surface area (TPSA) is 244 Å². The molecule has 0 bridgehead atoms. The Bertz CT molecular complexity index is 1020. The number of phosphoric ester groups is 1. The number of alkyl halides is 2. The van der Waals surface area contributed by atoms with Crippen LogP contribution in [0, 0.1) is 0 Å². The number of hydrogen-bond acceptors (Lipinski definition) is 10. The van der Waals surface area contributed by atoms with E-state index in [2.05, 4.69) is 13.1 Å². The molecule has 21 heteroatoms. The third-order valence-electron chi connectivity index (χ3n) is 3.20. The van der Waals surface area contributed by atoms with Crippen LogP contribution >= 0.6 is 35.1 Å². The van der Waals surface area contributed by atoms with Crippen LogP contribution in [-0.4, -0.2) is 58.7 Å². The van der Waals surface area contributed by atoms with Gasteiger partial charge in [-0.05, 0) is 6.92 Å². The lowest BCUT2D eigenvalue weighted by Gasteiger charge is -2.35. The second-order valence-corrected chi connectivity index (χ2v) is 10.5. The average Bonchev–Trinajstić information content (AvgIpc) is 2.54. The Labute approximate surface area is 176 Å². The zero-order valence-corrected chi connectivity index (χ0v) is 18.6. The van der Waals surface area contributed by atoms with E-state index in [9.17, 15) is 37.7 Å². The van der Waals surface area contributed by atoms with Crippen molar-refractivity contribution < 1.29 is 60.6 Å². The molecule has 0 spiro atoms. The number of aliphatic hydroxyl groups is 1. The molecule has 1 rings (SSSR count). The number of aromatic nitrogens is 2. The molecule has 5 atom stereocenters. The van der Waals surface area contributed by atoms with E-state index >= 15 is 0 Å². The fourth-order valence-electron chi connectivity index (χ4n) is 1.90. The Morgan fingerprint density at radius 3 is 2.23 bits per heavy atom. The quantitative estimate of drug-likeness (QED) is 0.148. The van der Waals surface area contributed by atoms with Gasteiger partial charge in [0.2, 0.25) is 0 Å². The standard InChI is InChI=1S/C10H17ClFN2O14P3/c1-6(14-3-2-7(15)13-9(14)17)26-10(4-12,8(11)16)5-25-30(21,22)28-31(23,24)27-29(18,19)20/h2-3,6,8,16H,4-5H2,1H3,(H,21,22)(H,23,24)(H,13,15,17)(H2,18,19,20)/t6-,8-,10-/m1/s1. The van der Waals surface area contributed by atoms with Crippen molar-refractivity contribution in [2.24, 2.45) is 0 Å². The van der Waals surface area contributed by atoms with E-state index in [1.54, 1.807) is 0 Å². The van der Waals surface area contributed by atoms with Crippen LogP contribution in [0.3, 0.4) is 0 Å². The molecule has 1 heterocycles. The molecule has 1 aromatic rings. The van der Waals surface area contributed by atoms with E-state index in [0.29, 0.717) is 0 Å². The maximum atomic E-state index is 13.7. The molecule has 1 aromatic heterocycles. The summed E-state index contributed by atoms with van der Waals surface area (Å²) < 4.78 is 64.5. The van der Waals surface area contributed by atoms with Crippen LogP contribution in [0.25, 0.3) is 0 Å². The fourth-order valence-corrected chi connectivity index (χ4v) is 5.15. The highest BCUT2D eigenvalue weighted by Gasteiger charge is 2.46. The molecule has 16 nitrogen and oxygen atoms in total. The number of halogens is 2. The summed E-state index contributed by atoms with van der Waals surface area (Å²) in [6.07, 6.45) is -0.518. The Balaban J connectivity index is 3.05. The number of rotatable bonds is 12. The molecule has 0 aromatic carbocycles. The lowest BCUT2D eigenvalue weighted by Crippen LogP contribution is -2.50. The van der Waals surface area contributed by atoms with Crippen LogP contribution in [0.2, 0.25) is 0 Å². The predicted octanol–water partition coefficient (Wildman–Crippen LogP) is -0.319. The van der Waals surface area contributed by atoms with Crippen molar-refractivity contribution >= 4 is 35.1 Å². The van der Waals surface area contributed by atoms with Gasteiger partial charge in [-0.15, -0.1) is 0 Å². The Morgan fingerprint density at radius 1 is 1.19 bits per heavy atom. The van der Waals surface area contributed by atoms with Crippen molar-refractivity contribution in [2.75, 3.05) is 13.3 Å². The van der Waals surface area contributed by atoms with Crippen molar-refractivity contribution in [3.8, 4) is 0 Å². The number of aromatic amines is 1. The van der Waals surface area contributed by atoms with Gasteiger partial charge in [-0.1, -0.05) is 11.6 Å². The second kappa shape index (κ2) is 10.4. The first-order valence-electron chi connectivity index (χ1n) is 7.58. The highest BCUT2D eigenvalue weighted by molar-refractivity contribution is 7.66. The zero-order chi connectivity index (χ0) is 24.3. The van der Waals surface area contributed by atoms with Gasteiger partial charge in [0.15, 0.2) is 11.2 Å². The number of phosphoric acid groups is 3. The molecule has 31 heavy (non-hydrogen) atoms. The van der Waals surface area contributed by atoms with Crippen molar-refractivity contribution in [3.63, 3.8) is 0 Å². The molecule has 0 saturated heterocycles. The SMILES string of the molecule is C[C@@H](O[C@](CF)(COP(=O)(O)OP(=O)(O)OP(=O)(O)O)[C@@H](O)Cl)n1ccc(=O)[nH]c1=O. The first-order chi connectivity index (χ1) is 13.9. The Kier molecular flexibility index (Phi) is 9.52. The van der Waals surface area contributed by atoms with Gasteiger partial charge in [-0.2, -0.15) is 8.62 Å². The van der Waals surface area contributed by atoms with Gasteiger partial charge in [0.25, 0.3) is 5.56 Å². The minimum Gasteiger partial charge on any atom is -0.374 e. The van der Waals surface area contributed by atoms with E-state index in [4.69, 9.17) is 31.0 Å². The fraction of sp³-hybridized carbons (Fsp3) is 0.600. The molecule has 0 aliphatic rings. The van der Waals surface area contributed by atoms with Crippen molar-refractivity contribution in [1.82, 2.24) is 9.55 Å². The Hall–Kier alpha value is -0.770. The van der Waals surface area contributed by atoms with Crippen LogP contribution < -0.4 is 11.2 Å². The molecule has 2 unspecified atom stereocenters. The summed E-state index contributed by atoms with van der Waals surface area (Å²) in [7, 11) is -17.2. The van der Waals surface area contributed by atoms with E-state index in [1.807, 2.05) is 4.98 Å². The van der Waals surface area contributed by atoms with Crippen LogP contribution in [0.5, 0.6) is 0 Å². The van der Waals surface area contributed by atoms with Crippen molar-refractivity contribution in [2.45, 2.75) is 24.3 Å². The van der Waals surface area contributed by atoms with Crippen molar-refractivity contribution in [3.05, 3.63) is 33.1 Å². The maximum Gasteiger partial charge on any atom is 0.490 e. The predicted molar refractivity (Wildman–Crippen MR) is 97.5 cm³/mol. The molecule has 0 aliphatic heterocycles. The molecule has 0 saturated carbocycles. The van der Waals surface area contributed by atoms with Gasteiger partial charge in [0.05, 0.1) is 6.61 Å². The molecule has 0 radical (unpaired) electrons. The van der Waals surface area contributed by atoms with Crippen molar-refractivity contribution in [1.29, 1.82) is 0 Å². The number of aliphatic hydroxyl groups excluding tert-OH is 1. The summed E-state index contributed by atoms with van der Waals surface area (Å²) in [4.78, 5) is 60.2. The largest absolute Gasteiger partial charge is 0.490 e. The summed E-state index contributed by atoms with van der Waals surface area (Å²) in [5.41, 5.74) is -6.76. The van der Waals surface area contributed by atoms with E-state index in [1.165, 1.54) is 0 Å². The van der Waals surface area contributed by atoms with Gasteiger partial charge in [0.1, 0.15) is 12.9 Å². The molecule has 0 fully saturated rings. The summed E-state index contributed by atoms with van der Waals surface area (Å²) >= 11 is 5.47. The van der Waals surface area contributed by atoms with E-state index in [-0.39, 0.29) is 0 Å². The van der Waals surface area contributed by atoms with Crippen LogP contribution in [0.4, 0.5) is 4.39 Å². The lowest BCUT2D eigenvalue weighted by molar-refractivity contribution is -0.178. The highest BCUT2D eigenvalue weighted by atomic mass is 35.5. The monoisotopic (exact) mass is 536 g/mol. The summed E-state index contributed by atoms with van der Waals surface area (Å²) in [5, 5.41) is 9.69. The minimum absolute atomic E-state index is 0.718. The molecular formula is C10H17ClFN2O14P3. The summed E-state index contributed by atoms with van der Waals surface area (Å²) in [6.45, 7) is -2.02. The maximum absolute atomic E-state index is 13.7. The van der Waals surface area contributed by atoms with Crippen LogP contribution in [-0.2, 0) is 31.6 Å². The average molecular weight is 537 g/mol. The Morgan fingerprint density at radius 2 is 1.77 bits per heavy atom. The first-order valence-corrected chi connectivity index (χ1v) is 12.5. The van der Waals surface area contributed by atoms with Crippen LogP contribution in [0.15, 0.2) is 21.9 Å². The summed E-state index contributed by atoms with van der Waals surface area (Å²) in [6, 6.07) is 0.904. The molecule has 180 valence electrons. The normalized spacial score (nSPS) is 20.3.